The quantitative estimate of drug-likeness (QED) is 0.872. The van der Waals surface area contributed by atoms with Gasteiger partial charge in [-0.2, -0.15) is 4.31 Å². The minimum absolute atomic E-state index is 0.0225. The third kappa shape index (κ3) is 3.22. The highest BCUT2D eigenvalue weighted by molar-refractivity contribution is 7.89. The molecule has 0 radical (unpaired) electrons. The maximum atomic E-state index is 13.3. The van der Waals surface area contributed by atoms with Crippen molar-refractivity contribution in [1.29, 1.82) is 0 Å². The molecule has 1 aromatic heterocycles. The van der Waals surface area contributed by atoms with E-state index >= 15 is 0 Å². The summed E-state index contributed by atoms with van der Waals surface area (Å²) in [5.74, 6) is -0.294. The first-order valence-corrected chi connectivity index (χ1v) is 9.95. The number of benzene rings is 1. The molecule has 2 fully saturated rings. The SMILES string of the molecule is Cn1cnc(S(=O)(=O)N2CC[C@]3(C[C@@H](Nc4cccc(F)c4)CO3)C2)c1. The molecule has 2 aromatic rings. The minimum Gasteiger partial charge on any atom is -0.380 e. The van der Waals surface area contributed by atoms with Crippen LogP contribution >= 0.6 is 0 Å². The Kier molecular flexibility index (Phi) is 4.25. The van der Waals surface area contributed by atoms with E-state index in [4.69, 9.17) is 4.74 Å². The highest BCUT2D eigenvalue weighted by Crippen LogP contribution is 2.38. The lowest BCUT2D eigenvalue weighted by atomic mass is 9.97. The van der Waals surface area contributed by atoms with Crippen molar-refractivity contribution in [2.45, 2.75) is 29.5 Å². The van der Waals surface area contributed by atoms with Crippen molar-refractivity contribution < 1.29 is 17.5 Å². The first kappa shape index (κ1) is 17.4. The summed E-state index contributed by atoms with van der Waals surface area (Å²) in [6, 6.07) is 6.32. The summed E-state index contributed by atoms with van der Waals surface area (Å²) < 4.78 is 47.9. The van der Waals surface area contributed by atoms with Crippen LogP contribution in [0.15, 0.2) is 41.8 Å². The lowest BCUT2D eigenvalue weighted by Crippen LogP contribution is -2.36. The Morgan fingerprint density at radius 3 is 3.00 bits per heavy atom. The number of aryl methyl sites for hydroxylation is 1. The normalized spacial score (nSPS) is 26.6. The average molecular weight is 380 g/mol. The summed E-state index contributed by atoms with van der Waals surface area (Å²) >= 11 is 0. The van der Waals surface area contributed by atoms with Gasteiger partial charge in [0.1, 0.15) is 5.82 Å². The van der Waals surface area contributed by atoms with Crippen LogP contribution in [-0.4, -0.2) is 53.6 Å². The first-order valence-electron chi connectivity index (χ1n) is 8.51. The highest BCUT2D eigenvalue weighted by atomic mass is 32.2. The van der Waals surface area contributed by atoms with Gasteiger partial charge in [-0.3, -0.25) is 0 Å². The van der Waals surface area contributed by atoms with Crippen molar-refractivity contribution >= 4 is 15.7 Å². The number of anilines is 1. The molecule has 2 aliphatic rings. The average Bonchev–Trinajstić information content (AvgIpc) is 3.30. The Morgan fingerprint density at radius 2 is 2.27 bits per heavy atom. The number of nitrogens with zero attached hydrogens (tertiary/aromatic N) is 3. The van der Waals surface area contributed by atoms with E-state index in [-0.39, 0.29) is 16.9 Å². The Labute approximate surface area is 151 Å². The van der Waals surface area contributed by atoms with Crippen LogP contribution in [0.3, 0.4) is 0 Å². The van der Waals surface area contributed by atoms with Gasteiger partial charge in [0.05, 0.1) is 24.6 Å². The van der Waals surface area contributed by atoms with Crippen molar-refractivity contribution in [3.8, 4) is 0 Å². The first-order chi connectivity index (χ1) is 12.4. The number of sulfonamides is 1. The molecule has 0 bridgehead atoms. The molecule has 2 saturated heterocycles. The largest absolute Gasteiger partial charge is 0.380 e. The third-order valence-corrected chi connectivity index (χ3v) is 6.70. The molecule has 3 heterocycles. The summed E-state index contributed by atoms with van der Waals surface area (Å²) in [6.07, 6.45) is 4.30. The van der Waals surface area contributed by atoms with E-state index in [1.165, 1.54) is 29.0 Å². The fourth-order valence-corrected chi connectivity index (χ4v) is 5.18. The molecular weight excluding hydrogens is 359 g/mol. The van der Waals surface area contributed by atoms with Crippen molar-refractivity contribution in [3.63, 3.8) is 0 Å². The molecule has 0 unspecified atom stereocenters. The van der Waals surface area contributed by atoms with E-state index in [0.29, 0.717) is 38.2 Å². The number of imidazole rings is 1. The predicted molar refractivity (Wildman–Crippen MR) is 93.7 cm³/mol. The van der Waals surface area contributed by atoms with Crippen molar-refractivity contribution in [2.24, 2.45) is 7.05 Å². The minimum atomic E-state index is -3.61. The van der Waals surface area contributed by atoms with Gasteiger partial charge in [0.15, 0.2) is 5.03 Å². The monoisotopic (exact) mass is 380 g/mol. The molecule has 7 nitrogen and oxygen atoms in total. The van der Waals surface area contributed by atoms with E-state index in [1.807, 2.05) is 0 Å². The highest BCUT2D eigenvalue weighted by Gasteiger charge is 2.49. The number of hydrogen-bond acceptors (Lipinski definition) is 5. The molecular formula is C17H21FN4O3S. The van der Waals surface area contributed by atoms with E-state index in [2.05, 4.69) is 10.3 Å². The topological polar surface area (TPSA) is 76.5 Å². The van der Waals surface area contributed by atoms with Gasteiger partial charge in [0, 0.05) is 38.4 Å². The summed E-state index contributed by atoms with van der Waals surface area (Å²) in [5.41, 5.74) is 0.207. The number of hydrogen-bond donors (Lipinski definition) is 1. The lowest BCUT2D eigenvalue weighted by molar-refractivity contribution is 0.0173. The summed E-state index contributed by atoms with van der Waals surface area (Å²) in [5, 5.41) is 3.33. The second-order valence-electron chi connectivity index (χ2n) is 7.02. The van der Waals surface area contributed by atoms with Crippen LogP contribution in [0.4, 0.5) is 10.1 Å². The number of ether oxygens (including phenoxy) is 1. The van der Waals surface area contributed by atoms with Crippen LogP contribution in [-0.2, 0) is 21.8 Å². The molecule has 26 heavy (non-hydrogen) atoms. The molecule has 0 amide bonds. The van der Waals surface area contributed by atoms with Gasteiger partial charge in [-0.25, -0.2) is 17.8 Å². The fourth-order valence-electron chi connectivity index (χ4n) is 3.70. The van der Waals surface area contributed by atoms with Crippen LogP contribution in [0.2, 0.25) is 0 Å². The molecule has 1 spiro atoms. The van der Waals surface area contributed by atoms with Crippen LogP contribution < -0.4 is 5.32 Å². The molecule has 1 N–H and O–H groups in total. The summed E-state index contributed by atoms with van der Waals surface area (Å²) in [7, 11) is -1.88. The zero-order valence-electron chi connectivity index (χ0n) is 14.4. The zero-order chi connectivity index (χ0) is 18.4. The van der Waals surface area contributed by atoms with Crippen molar-refractivity contribution in [1.82, 2.24) is 13.9 Å². The van der Waals surface area contributed by atoms with Gasteiger partial charge < -0.3 is 14.6 Å². The molecule has 2 aliphatic heterocycles. The number of aromatic nitrogens is 2. The standard InChI is InChI=1S/C17H21FN4O3S/c1-21-9-16(19-12-21)26(23,24)22-6-5-17(11-22)8-15(10-25-17)20-14-4-2-3-13(18)7-14/h2-4,7,9,12,15,20H,5-6,8,10-11H2,1H3/t15-,17+/m1/s1. The zero-order valence-corrected chi connectivity index (χ0v) is 15.2. The van der Waals surface area contributed by atoms with Gasteiger partial charge in [-0.15, -0.1) is 0 Å². The maximum Gasteiger partial charge on any atom is 0.262 e. The summed E-state index contributed by atoms with van der Waals surface area (Å²) in [6.45, 7) is 1.19. The molecule has 0 saturated carbocycles. The number of rotatable bonds is 4. The molecule has 2 atom stereocenters. The van der Waals surface area contributed by atoms with Gasteiger partial charge in [0.2, 0.25) is 0 Å². The van der Waals surface area contributed by atoms with Gasteiger partial charge in [-0.05, 0) is 24.6 Å². The van der Waals surface area contributed by atoms with Crippen LogP contribution in [0.25, 0.3) is 0 Å². The van der Waals surface area contributed by atoms with E-state index < -0.39 is 15.6 Å². The van der Waals surface area contributed by atoms with Gasteiger partial charge in [-0.1, -0.05) is 6.07 Å². The molecule has 1 aromatic carbocycles. The number of halogens is 1. The molecule has 9 heteroatoms. The third-order valence-electron chi connectivity index (χ3n) is 4.97. The fraction of sp³-hybridized carbons (Fsp3) is 0.471. The van der Waals surface area contributed by atoms with Crippen LogP contribution in [0.1, 0.15) is 12.8 Å². The van der Waals surface area contributed by atoms with Gasteiger partial charge >= 0.3 is 0 Å². The maximum absolute atomic E-state index is 13.3. The van der Waals surface area contributed by atoms with Gasteiger partial charge in [0.25, 0.3) is 10.0 Å². The Morgan fingerprint density at radius 1 is 1.42 bits per heavy atom. The predicted octanol–water partition coefficient (Wildman–Crippen LogP) is 1.59. The van der Waals surface area contributed by atoms with Crippen molar-refractivity contribution in [3.05, 3.63) is 42.6 Å². The second kappa shape index (κ2) is 6.33. The van der Waals surface area contributed by atoms with Crippen LogP contribution in [0.5, 0.6) is 0 Å². The molecule has 0 aliphatic carbocycles. The molecule has 4 rings (SSSR count). The molecule has 140 valence electrons. The van der Waals surface area contributed by atoms with E-state index in [9.17, 15) is 12.8 Å². The van der Waals surface area contributed by atoms with Crippen molar-refractivity contribution in [2.75, 3.05) is 25.0 Å². The lowest BCUT2D eigenvalue weighted by Gasteiger charge is -2.23. The second-order valence-corrected chi connectivity index (χ2v) is 8.90. The Hall–Kier alpha value is -1.97. The van der Waals surface area contributed by atoms with E-state index in [1.54, 1.807) is 23.7 Å². The number of nitrogens with one attached hydrogen (secondary N) is 1. The Bertz CT molecular complexity index is 916. The smallest absolute Gasteiger partial charge is 0.262 e. The van der Waals surface area contributed by atoms with Crippen LogP contribution in [0, 0.1) is 5.82 Å². The van der Waals surface area contributed by atoms with E-state index in [0.717, 1.165) is 0 Å². The summed E-state index contributed by atoms with van der Waals surface area (Å²) in [4.78, 5) is 3.97. The Balaban J connectivity index is 1.43.